The molecular weight excluding hydrogens is 358 g/mol. The highest BCUT2D eigenvalue weighted by molar-refractivity contribution is 5.89. The zero-order valence-corrected chi connectivity index (χ0v) is 15.1. The smallest absolute Gasteiger partial charge is 0.320 e. The fraction of sp³-hybridized carbons (Fsp3) is 0.167. The molecule has 0 aromatic carbocycles. The van der Waals surface area contributed by atoms with Gasteiger partial charge >= 0.3 is 6.03 Å². The summed E-state index contributed by atoms with van der Waals surface area (Å²) in [6.45, 7) is 2.88. The number of nitrogens with one attached hydrogen (secondary N) is 2. The van der Waals surface area contributed by atoms with Gasteiger partial charge in [0.25, 0.3) is 0 Å². The molecule has 0 saturated carbocycles. The Morgan fingerprint density at radius 2 is 2.11 bits per heavy atom. The molecule has 0 fully saturated rings. The first kappa shape index (κ1) is 17.5. The zero-order chi connectivity index (χ0) is 19.3. The van der Waals surface area contributed by atoms with E-state index < -0.39 is 0 Å². The lowest BCUT2D eigenvalue weighted by Crippen LogP contribution is -2.28. The second kappa shape index (κ2) is 7.74. The summed E-state index contributed by atoms with van der Waals surface area (Å²) in [5.41, 5.74) is 3.33. The van der Waals surface area contributed by atoms with Gasteiger partial charge in [0.1, 0.15) is 11.3 Å². The van der Waals surface area contributed by atoms with Crippen LogP contribution in [0.1, 0.15) is 12.6 Å². The van der Waals surface area contributed by atoms with E-state index in [2.05, 4.69) is 40.9 Å². The van der Waals surface area contributed by atoms with E-state index in [1.54, 1.807) is 35.4 Å². The normalized spacial score (nSPS) is 10.8. The predicted molar refractivity (Wildman–Crippen MR) is 102 cm³/mol. The third-order valence-electron chi connectivity index (χ3n) is 3.87. The monoisotopic (exact) mass is 375 g/mol. The van der Waals surface area contributed by atoms with Gasteiger partial charge in [0.2, 0.25) is 0 Å². The largest absolute Gasteiger partial charge is 0.338 e. The Balaban J connectivity index is 1.57. The summed E-state index contributed by atoms with van der Waals surface area (Å²) in [6, 6.07) is 6.85. The van der Waals surface area contributed by atoms with Gasteiger partial charge in [-0.1, -0.05) is 0 Å². The first-order valence-corrected chi connectivity index (χ1v) is 8.69. The van der Waals surface area contributed by atoms with Crippen LogP contribution in [0.15, 0.2) is 49.1 Å². The number of pyridine rings is 1. The van der Waals surface area contributed by atoms with E-state index in [9.17, 15) is 4.79 Å². The third kappa shape index (κ3) is 3.90. The number of carbonyl (C=O) groups excluding carboxylic acids is 1. The van der Waals surface area contributed by atoms with Crippen LogP contribution in [0.5, 0.6) is 0 Å². The summed E-state index contributed by atoms with van der Waals surface area (Å²) in [5.74, 6) is 0.406. The van der Waals surface area contributed by atoms with Crippen LogP contribution in [0.3, 0.4) is 0 Å². The lowest BCUT2D eigenvalue weighted by molar-refractivity contribution is 0.252. The Hall–Kier alpha value is -3.95. The number of aromatic nitrogens is 7. The molecule has 10 heteroatoms. The Labute approximate surface area is 160 Å². The summed E-state index contributed by atoms with van der Waals surface area (Å²) in [5, 5.41) is 17.6. The molecule has 0 aliphatic carbocycles. The minimum absolute atomic E-state index is 0.316. The molecule has 0 spiro atoms. The van der Waals surface area contributed by atoms with Crippen LogP contribution in [0.2, 0.25) is 0 Å². The number of rotatable bonds is 5. The number of anilines is 1. The third-order valence-corrected chi connectivity index (χ3v) is 3.87. The molecule has 4 aromatic heterocycles. The Morgan fingerprint density at radius 1 is 1.18 bits per heavy atom. The van der Waals surface area contributed by atoms with Crippen molar-refractivity contribution in [3.8, 4) is 11.3 Å². The minimum atomic E-state index is -0.316. The zero-order valence-electron chi connectivity index (χ0n) is 15.1. The van der Waals surface area contributed by atoms with Crippen molar-refractivity contribution in [3.63, 3.8) is 0 Å². The molecule has 4 rings (SSSR count). The highest BCUT2D eigenvalue weighted by Crippen LogP contribution is 2.19. The average molecular weight is 375 g/mol. The topological polar surface area (TPSA) is 123 Å². The molecule has 0 saturated heterocycles. The van der Waals surface area contributed by atoms with E-state index in [1.165, 1.54) is 0 Å². The van der Waals surface area contributed by atoms with Crippen LogP contribution in [0.4, 0.5) is 10.6 Å². The standard InChI is InChI=1S/C18H17N9O/c1-2-19-18(28)25-16-6-5-14-17(24-16)23-15(9-20-14)12-8-22-27(10-12)11-13-4-3-7-21-26-13/h3-10H,2,11H2,1H3,(H2,19,23,24,25,28). The maximum absolute atomic E-state index is 11.7. The van der Waals surface area contributed by atoms with Crippen molar-refractivity contribution in [1.82, 2.24) is 40.2 Å². The number of hydrogen-bond donors (Lipinski definition) is 2. The summed E-state index contributed by atoms with van der Waals surface area (Å²) < 4.78 is 1.76. The first-order valence-electron chi connectivity index (χ1n) is 8.69. The van der Waals surface area contributed by atoms with Gasteiger partial charge in [0, 0.05) is 24.5 Å². The molecule has 0 radical (unpaired) electrons. The summed E-state index contributed by atoms with van der Waals surface area (Å²) >= 11 is 0. The van der Waals surface area contributed by atoms with E-state index >= 15 is 0 Å². The summed E-state index contributed by atoms with van der Waals surface area (Å²) in [4.78, 5) is 25.0. The van der Waals surface area contributed by atoms with E-state index in [1.807, 2.05) is 25.3 Å². The van der Waals surface area contributed by atoms with Crippen molar-refractivity contribution in [2.75, 3.05) is 11.9 Å². The van der Waals surface area contributed by atoms with Crippen molar-refractivity contribution < 1.29 is 4.79 Å². The average Bonchev–Trinajstić information content (AvgIpc) is 3.17. The Morgan fingerprint density at radius 3 is 2.93 bits per heavy atom. The van der Waals surface area contributed by atoms with Crippen molar-refractivity contribution >= 4 is 23.0 Å². The number of nitrogens with zero attached hydrogens (tertiary/aromatic N) is 7. The van der Waals surface area contributed by atoms with Crippen molar-refractivity contribution in [2.45, 2.75) is 13.5 Å². The van der Waals surface area contributed by atoms with E-state index in [0.29, 0.717) is 35.8 Å². The van der Waals surface area contributed by atoms with Crippen LogP contribution in [0.25, 0.3) is 22.4 Å². The molecule has 0 bridgehead atoms. The number of hydrogen-bond acceptors (Lipinski definition) is 7. The van der Waals surface area contributed by atoms with Crippen molar-refractivity contribution in [3.05, 3.63) is 54.7 Å². The maximum atomic E-state index is 11.7. The molecule has 2 N–H and O–H groups in total. The number of amides is 2. The van der Waals surface area contributed by atoms with E-state index in [0.717, 1.165) is 11.3 Å². The lowest BCUT2D eigenvalue weighted by Gasteiger charge is -2.06. The molecule has 0 aliphatic rings. The van der Waals surface area contributed by atoms with Gasteiger partial charge in [-0.05, 0) is 31.2 Å². The van der Waals surface area contributed by atoms with Crippen LogP contribution in [0, 0.1) is 0 Å². The number of urea groups is 1. The summed E-state index contributed by atoms with van der Waals surface area (Å²) in [6.07, 6.45) is 6.87. The highest BCUT2D eigenvalue weighted by Gasteiger charge is 2.09. The van der Waals surface area contributed by atoms with Crippen LogP contribution < -0.4 is 10.6 Å². The van der Waals surface area contributed by atoms with Gasteiger partial charge in [-0.15, -0.1) is 0 Å². The molecule has 0 unspecified atom stereocenters. The molecule has 0 atom stereocenters. The van der Waals surface area contributed by atoms with Gasteiger partial charge in [-0.25, -0.2) is 14.8 Å². The predicted octanol–water partition coefficient (Wildman–Crippen LogP) is 1.87. The Kier molecular flexibility index (Phi) is 4.83. The SMILES string of the molecule is CCNC(=O)Nc1ccc2ncc(-c3cnn(Cc4cccnn4)c3)nc2n1. The van der Waals surface area contributed by atoms with Gasteiger partial charge < -0.3 is 5.32 Å². The van der Waals surface area contributed by atoms with Gasteiger partial charge in [-0.2, -0.15) is 15.3 Å². The van der Waals surface area contributed by atoms with Crippen molar-refractivity contribution in [2.24, 2.45) is 0 Å². The second-order valence-corrected chi connectivity index (χ2v) is 5.92. The quantitative estimate of drug-likeness (QED) is 0.546. The fourth-order valence-electron chi connectivity index (χ4n) is 2.59. The molecule has 28 heavy (non-hydrogen) atoms. The van der Waals surface area contributed by atoms with Crippen LogP contribution in [-0.4, -0.2) is 47.5 Å². The van der Waals surface area contributed by atoms with Gasteiger partial charge in [0.05, 0.1) is 30.3 Å². The lowest BCUT2D eigenvalue weighted by atomic mass is 10.2. The molecule has 4 heterocycles. The number of carbonyl (C=O) groups is 1. The van der Waals surface area contributed by atoms with Crippen LogP contribution in [-0.2, 0) is 6.54 Å². The minimum Gasteiger partial charge on any atom is -0.338 e. The molecule has 140 valence electrons. The first-order chi connectivity index (χ1) is 13.7. The van der Waals surface area contributed by atoms with Gasteiger partial charge in [0.15, 0.2) is 5.65 Å². The second-order valence-electron chi connectivity index (χ2n) is 5.92. The summed E-state index contributed by atoms with van der Waals surface area (Å²) in [7, 11) is 0. The van der Waals surface area contributed by atoms with E-state index in [4.69, 9.17) is 0 Å². The van der Waals surface area contributed by atoms with Gasteiger partial charge in [-0.3, -0.25) is 15.0 Å². The fourth-order valence-corrected chi connectivity index (χ4v) is 2.59. The molecule has 4 aromatic rings. The number of fused-ring (bicyclic) bond motifs is 1. The highest BCUT2D eigenvalue weighted by atomic mass is 16.2. The van der Waals surface area contributed by atoms with Crippen molar-refractivity contribution in [1.29, 1.82) is 0 Å². The van der Waals surface area contributed by atoms with Crippen LogP contribution >= 0.6 is 0 Å². The maximum Gasteiger partial charge on any atom is 0.320 e. The van der Waals surface area contributed by atoms with E-state index in [-0.39, 0.29) is 6.03 Å². The molecule has 10 nitrogen and oxygen atoms in total. The molecule has 0 aliphatic heterocycles. The molecular formula is C18H17N9O. The Bertz CT molecular complexity index is 1110. The molecule has 2 amide bonds.